The molecule has 0 aromatic heterocycles. The molecule has 0 aliphatic heterocycles. The molecule has 1 N–H and O–H groups in total. The van der Waals surface area contributed by atoms with E-state index in [2.05, 4.69) is 61.6 Å². The second-order valence-electron chi connectivity index (χ2n) is 4.51. The second kappa shape index (κ2) is 6.07. The first-order valence-electron chi connectivity index (χ1n) is 6.18. The van der Waals surface area contributed by atoms with Gasteiger partial charge < -0.3 is 5.32 Å². The number of nitrogens with one attached hydrogen (secondary N) is 1. The first-order valence-corrected chi connectivity index (χ1v) is 7.00. The van der Waals surface area contributed by atoms with Gasteiger partial charge >= 0.3 is 0 Å². The Morgan fingerprint density at radius 1 is 1.00 bits per heavy atom. The molecule has 2 rings (SSSR count). The molecular formula is C16H19NS. The minimum atomic E-state index is 0.911. The van der Waals surface area contributed by atoms with Crippen LogP contribution in [0.5, 0.6) is 0 Å². The van der Waals surface area contributed by atoms with Crippen LogP contribution in [0.3, 0.4) is 0 Å². The Morgan fingerprint density at radius 3 is 2.56 bits per heavy atom. The van der Waals surface area contributed by atoms with Crippen LogP contribution in [0.15, 0.2) is 52.3 Å². The van der Waals surface area contributed by atoms with E-state index in [0.29, 0.717) is 0 Å². The van der Waals surface area contributed by atoms with Crippen molar-refractivity contribution in [2.75, 3.05) is 7.05 Å². The minimum absolute atomic E-state index is 0.911. The Morgan fingerprint density at radius 2 is 1.78 bits per heavy atom. The molecule has 0 saturated carbocycles. The molecule has 0 heterocycles. The predicted molar refractivity (Wildman–Crippen MR) is 79.2 cm³/mol. The van der Waals surface area contributed by atoms with Gasteiger partial charge in [0.1, 0.15) is 0 Å². The molecule has 18 heavy (non-hydrogen) atoms. The monoisotopic (exact) mass is 257 g/mol. The van der Waals surface area contributed by atoms with Crippen LogP contribution in [0.25, 0.3) is 0 Å². The maximum absolute atomic E-state index is 3.22. The average Bonchev–Trinajstić information content (AvgIpc) is 2.36. The number of aryl methyl sites for hydroxylation is 2. The fourth-order valence-electron chi connectivity index (χ4n) is 1.88. The Balaban J connectivity index is 2.30. The topological polar surface area (TPSA) is 12.0 Å². The van der Waals surface area contributed by atoms with Crippen LogP contribution in [-0.2, 0) is 6.54 Å². The van der Waals surface area contributed by atoms with E-state index in [1.807, 2.05) is 18.8 Å². The van der Waals surface area contributed by atoms with Gasteiger partial charge in [-0.05, 0) is 49.7 Å². The lowest BCUT2D eigenvalue weighted by atomic mass is 10.2. The summed E-state index contributed by atoms with van der Waals surface area (Å²) < 4.78 is 0. The quantitative estimate of drug-likeness (QED) is 0.882. The third kappa shape index (κ3) is 3.15. The van der Waals surface area contributed by atoms with E-state index in [4.69, 9.17) is 0 Å². The highest BCUT2D eigenvalue weighted by Crippen LogP contribution is 2.33. The molecule has 0 bridgehead atoms. The molecule has 0 aliphatic carbocycles. The summed E-state index contributed by atoms with van der Waals surface area (Å²) in [5.74, 6) is 0. The zero-order valence-electron chi connectivity index (χ0n) is 11.2. The molecule has 0 fully saturated rings. The van der Waals surface area contributed by atoms with Crippen molar-refractivity contribution >= 4 is 11.8 Å². The zero-order valence-corrected chi connectivity index (χ0v) is 12.0. The molecule has 0 saturated heterocycles. The summed E-state index contributed by atoms with van der Waals surface area (Å²) in [6, 6.07) is 15.2. The lowest BCUT2D eigenvalue weighted by Crippen LogP contribution is -2.05. The van der Waals surface area contributed by atoms with Crippen LogP contribution < -0.4 is 5.32 Å². The van der Waals surface area contributed by atoms with Crippen LogP contribution in [0, 0.1) is 13.8 Å². The van der Waals surface area contributed by atoms with Crippen molar-refractivity contribution in [1.82, 2.24) is 5.32 Å². The summed E-state index contributed by atoms with van der Waals surface area (Å²) in [5.41, 5.74) is 4.00. The summed E-state index contributed by atoms with van der Waals surface area (Å²) in [4.78, 5) is 2.68. The lowest BCUT2D eigenvalue weighted by molar-refractivity contribution is 0.803. The van der Waals surface area contributed by atoms with Crippen molar-refractivity contribution in [3.8, 4) is 0 Å². The molecular weight excluding hydrogens is 238 g/mol. The van der Waals surface area contributed by atoms with Crippen molar-refractivity contribution in [3.63, 3.8) is 0 Å². The van der Waals surface area contributed by atoms with E-state index in [0.717, 1.165) is 6.54 Å². The van der Waals surface area contributed by atoms with Crippen LogP contribution in [0.1, 0.15) is 16.7 Å². The van der Waals surface area contributed by atoms with Gasteiger partial charge in [0.25, 0.3) is 0 Å². The largest absolute Gasteiger partial charge is 0.316 e. The Hall–Kier alpha value is -1.25. The Kier molecular flexibility index (Phi) is 4.45. The van der Waals surface area contributed by atoms with E-state index >= 15 is 0 Å². The highest BCUT2D eigenvalue weighted by molar-refractivity contribution is 7.99. The maximum atomic E-state index is 3.22. The van der Waals surface area contributed by atoms with Crippen molar-refractivity contribution in [2.45, 2.75) is 30.2 Å². The molecule has 0 amide bonds. The van der Waals surface area contributed by atoms with E-state index in [9.17, 15) is 0 Å². The molecule has 2 heteroatoms. The molecule has 2 aromatic carbocycles. The highest BCUT2D eigenvalue weighted by Gasteiger charge is 2.05. The van der Waals surface area contributed by atoms with Gasteiger partial charge in [-0.1, -0.05) is 42.1 Å². The first kappa shape index (κ1) is 13.2. The fourth-order valence-corrected chi connectivity index (χ4v) is 3.00. The van der Waals surface area contributed by atoms with E-state index in [1.54, 1.807) is 0 Å². The molecule has 0 spiro atoms. The van der Waals surface area contributed by atoms with Crippen LogP contribution in [0.4, 0.5) is 0 Å². The van der Waals surface area contributed by atoms with Crippen molar-refractivity contribution in [2.24, 2.45) is 0 Å². The van der Waals surface area contributed by atoms with Gasteiger partial charge in [0, 0.05) is 16.3 Å². The van der Waals surface area contributed by atoms with Gasteiger partial charge in [0.05, 0.1) is 0 Å². The molecule has 0 unspecified atom stereocenters. The molecule has 1 nitrogen and oxygen atoms in total. The van der Waals surface area contributed by atoms with Crippen LogP contribution in [-0.4, -0.2) is 7.05 Å². The SMILES string of the molecule is CNCc1ccccc1Sc1cc(C)ccc1C. The number of hydrogen-bond donors (Lipinski definition) is 1. The fraction of sp³-hybridized carbons (Fsp3) is 0.250. The number of rotatable bonds is 4. The maximum Gasteiger partial charge on any atom is 0.0213 e. The number of benzene rings is 2. The van der Waals surface area contributed by atoms with Gasteiger partial charge in [-0.25, -0.2) is 0 Å². The molecule has 0 aliphatic rings. The van der Waals surface area contributed by atoms with Gasteiger partial charge in [0.2, 0.25) is 0 Å². The first-order chi connectivity index (χ1) is 8.70. The Labute approximate surface area is 114 Å². The molecule has 94 valence electrons. The lowest BCUT2D eigenvalue weighted by Gasteiger charge is -2.11. The van der Waals surface area contributed by atoms with Gasteiger partial charge in [-0.2, -0.15) is 0 Å². The Bertz CT molecular complexity index is 534. The summed E-state index contributed by atoms with van der Waals surface area (Å²) in [7, 11) is 1.99. The summed E-state index contributed by atoms with van der Waals surface area (Å²) >= 11 is 1.85. The zero-order chi connectivity index (χ0) is 13.0. The summed E-state index contributed by atoms with van der Waals surface area (Å²) in [6.45, 7) is 5.22. The third-order valence-electron chi connectivity index (χ3n) is 2.90. The number of hydrogen-bond acceptors (Lipinski definition) is 2. The normalized spacial score (nSPS) is 10.6. The van der Waals surface area contributed by atoms with Crippen molar-refractivity contribution in [1.29, 1.82) is 0 Å². The minimum Gasteiger partial charge on any atom is -0.316 e. The van der Waals surface area contributed by atoms with Gasteiger partial charge in [-0.15, -0.1) is 0 Å². The predicted octanol–water partition coefficient (Wildman–Crippen LogP) is 4.17. The van der Waals surface area contributed by atoms with E-state index < -0.39 is 0 Å². The molecule has 0 atom stereocenters. The van der Waals surface area contributed by atoms with E-state index in [1.165, 1.54) is 26.5 Å². The van der Waals surface area contributed by atoms with Crippen LogP contribution >= 0.6 is 11.8 Å². The smallest absolute Gasteiger partial charge is 0.0213 e. The van der Waals surface area contributed by atoms with Gasteiger partial charge in [0.15, 0.2) is 0 Å². The molecule has 0 radical (unpaired) electrons. The van der Waals surface area contributed by atoms with E-state index in [-0.39, 0.29) is 0 Å². The summed E-state index contributed by atoms with van der Waals surface area (Å²) in [5, 5.41) is 3.22. The van der Waals surface area contributed by atoms with Crippen molar-refractivity contribution < 1.29 is 0 Å². The standard InChI is InChI=1S/C16H19NS/c1-12-8-9-13(2)16(10-12)18-15-7-5-4-6-14(15)11-17-3/h4-10,17H,11H2,1-3H3. The highest BCUT2D eigenvalue weighted by atomic mass is 32.2. The third-order valence-corrected chi connectivity index (χ3v) is 4.18. The second-order valence-corrected chi connectivity index (χ2v) is 5.59. The van der Waals surface area contributed by atoms with Gasteiger partial charge in [-0.3, -0.25) is 0 Å². The summed E-state index contributed by atoms with van der Waals surface area (Å²) in [6.07, 6.45) is 0. The van der Waals surface area contributed by atoms with Crippen LogP contribution in [0.2, 0.25) is 0 Å². The average molecular weight is 257 g/mol. The molecule has 2 aromatic rings. The van der Waals surface area contributed by atoms with Crippen molar-refractivity contribution in [3.05, 3.63) is 59.2 Å².